The summed E-state index contributed by atoms with van der Waals surface area (Å²) in [6.07, 6.45) is 7.13. The molecular formula is C20H23N7O2. The Bertz CT molecular complexity index is 1120. The van der Waals surface area contributed by atoms with Gasteiger partial charge in [0.2, 0.25) is 5.95 Å². The van der Waals surface area contributed by atoms with E-state index in [9.17, 15) is 0 Å². The maximum Gasteiger partial charge on any atom is 0.229 e. The molecule has 0 saturated carbocycles. The van der Waals surface area contributed by atoms with Crippen LogP contribution in [0, 0.1) is 6.92 Å². The third-order valence-electron chi connectivity index (χ3n) is 4.60. The molecule has 29 heavy (non-hydrogen) atoms. The van der Waals surface area contributed by atoms with E-state index in [4.69, 9.17) is 9.47 Å². The van der Waals surface area contributed by atoms with E-state index < -0.39 is 0 Å². The summed E-state index contributed by atoms with van der Waals surface area (Å²) in [6.45, 7) is 3.70. The summed E-state index contributed by atoms with van der Waals surface area (Å²) in [7, 11) is 3.52. The van der Waals surface area contributed by atoms with Gasteiger partial charge >= 0.3 is 0 Å². The molecule has 0 radical (unpaired) electrons. The number of fused-ring (bicyclic) bond motifs is 1. The van der Waals surface area contributed by atoms with Crippen molar-refractivity contribution in [2.24, 2.45) is 7.05 Å². The smallest absolute Gasteiger partial charge is 0.229 e. The molecule has 0 amide bonds. The summed E-state index contributed by atoms with van der Waals surface area (Å²) in [5.74, 6) is 1.35. The van der Waals surface area contributed by atoms with Crippen LogP contribution in [0.4, 0.5) is 11.6 Å². The van der Waals surface area contributed by atoms with Crippen molar-refractivity contribution in [2.75, 3.05) is 25.6 Å². The Morgan fingerprint density at radius 1 is 1.10 bits per heavy atom. The molecule has 0 unspecified atom stereocenters. The van der Waals surface area contributed by atoms with Gasteiger partial charge in [0.25, 0.3) is 0 Å². The number of nitrogens with one attached hydrogen (secondary N) is 1. The average Bonchev–Trinajstić information content (AvgIpc) is 3.31. The lowest BCUT2D eigenvalue weighted by atomic mass is 10.1. The fourth-order valence-corrected chi connectivity index (χ4v) is 3.04. The van der Waals surface area contributed by atoms with Crippen LogP contribution >= 0.6 is 0 Å². The molecule has 3 heterocycles. The van der Waals surface area contributed by atoms with E-state index in [0.717, 1.165) is 33.6 Å². The van der Waals surface area contributed by atoms with Crippen molar-refractivity contribution in [3.63, 3.8) is 0 Å². The van der Waals surface area contributed by atoms with E-state index in [-0.39, 0.29) is 0 Å². The van der Waals surface area contributed by atoms with Gasteiger partial charge in [-0.3, -0.25) is 4.68 Å². The van der Waals surface area contributed by atoms with Gasteiger partial charge in [-0.25, -0.2) is 9.67 Å². The second-order valence-electron chi connectivity index (χ2n) is 6.68. The molecule has 9 nitrogen and oxygen atoms in total. The zero-order valence-corrected chi connectivity index (χ0v) is 16.7. The molecule has 0 atom stereocenters. The van der Waals surface area contributed by atoms with Crippen LogP contribution in [0.5, 0.6) is 5.75 Å². The molecule has 3 aromatic heterocycles. The Morgan fingerprint density at radius 2 is 2.00 bits per heavy atom. The minimum absolute atomic E-state index is 0.501. The van der Waals surface area contributed by atoms with Crippen LogP contribution in [0.15, 0.2) is 43.0 Å². The standard InChI is InChI=1S/C20H23N7O2/c1-14-15(5-4-6-18(14)29-8-7-28-3)12-27-19-16(10-23-27)9-21-20(25-19)24-17-11-22-26(2)13-17/h4-6,9-11,13H,7-8,12H2,1-3H3,(H,21,24,25). The van der Waals surface area contributed by atoms with Gasteiger partial charge < -0.3 is 14.8 Å². The molecule has 0 aliphatic carbocycles. The summed E-state index contributed by atoms with van der Waals surface area (Å²) in [6, 6.07) is 6.02. The second-order valence-corrected chi connectivity index (χ2v) is 6.68. The molecule has 0 spiro atoms. The zero-order valence-electron chi connectivity index (χ0n) is 16.7. The maximum atomic E-state index is 5.81. The monoisotopic (exact) mass is 393 g/mol. The van der Waals surface area contributed by atoms with E-state index in [1.54, 1.807) is 30.4 Å². The van der Waals surface area contributed by atoms with Gasteiger partial charge in [-0.1, -0.05) is 12.1 Å². The normalized spacial score (nSPS) is 11.1. The zero-order chi connectivity index (χ0) is 20.2. The van der Waals surface area contributed by atoms with Crippen LogP contribution < -0.4 is 10.1 Å². The summed E-state index contributed by atoms with van der Waals surface area (Å²) >= 11 is 0. The number of benzene rings is 1. The molecule has 9 heteroatoms. The molecule has 0 bridgehead atoms. The molecule has 150 valence electrons. The van der Waals surface area contributed by atoms with Crippen LogP contribution in [-0.2, 0) is 18.3 Å². The van der Waals surface area contributed by atoms with Gasteiger partial charge in [0.1, 0.15) is 12.4 Å². The van der Waals surface area contributed by atoms with E-state index in [1.807, 2.05) is 37.0 Å². The van der Waals surface area contributed by atoms with Crippen LogP contribution in [0.25, 0.3) is 11.0 Å². The molecule has 0 aliphatic rings. The number of anilines is 2. The summed E-state index contributed by atoms with van der Waals surface area (Å²) < 4.78 is 14.5. The Balaban J connectivity index is 1.58. The molecule has 0 saturated heterocycles. The third kappa shape index (κ3) is 4.19. The highest BCUT2D eigenvalue weighted by Crippen LogP contribution is 2.23. The molecule has 1 N–H and O–H groups in total. The van der Waals surface area contributed by atoms with Crippen molar-refractivity contribution in [2.45, 2.75) is 13.5 Å². The van der Waals surface area contributed by atoms with Gasteiger partial charge in [-0.2, -0.15) is 15.2 Å². The largest absolute Gasteiger partial charge is 0.491 e. The number of aryl methyl sites for hydroxylation is 1. The number of methoxy groups -OCH3 is 1. The predicted molar refractivity (Wildman–Crippen MR) is 109 cm³/mol. The number of rotatable bonds is 8. The second kappa shape index (κ2) is 8.27. The minimum atomic E-state index is 0.501. The first-order chi connectivity index (χ1) is 14.1. The van der Waals surface area contributed by atoms with Crippen LogP contribution in [0.3, 0.4) is 0 Å². The van der Waals surface area contributed by atoms with Gasteiger partial charge in [-0.05, 0) is 24.1 Å². The molecule has 0 fully saturated rings. The Hall–Kier alpha value is -3.46. The molecular weight excluding hydrogens is 370 g/mol. The highest BCUT2D eigenvalue weighted by molar-refractivity contribution is 5.75. The van der Waals surface area contributed by atoms with Gasteiger partial charge in [-0.15, -0.1) is 0 Å². The van der Waals surface area contributed by atoms with Gasteiger partial charge in [0.05, 0.1) is 36.6 Å². The summed E-state index contributed by atoms with van der Waals surface area (Å²) in [5, 5.41) is 12.7. The number of ether oxygens (including phenoxy) is 2. The molecule has 0 aliphatic heterocycles. The number of hydrogen-bond acceptors (Lipinski definition) is 7. The first-order valence-corrected chi connectivity index (χ1v) is 9.28. The van der Waals surface area contributed by atoms with Gasteiger partial charge in [0, 0.05) is 26.6 Å². The van der Waals surface area contributed by atoms with Crippen LogP contribution in [-0.4, -0.2) is 49.9 Å². The number of nitrogens with zero attached hydrogens (tertiary/aromatic N) is 6. The Labute approximate surface area is 168 Å². The summed E-state index contributed by atoms with van der Waals surface area (Å²) in [4.78, 5) is 9.00. The predicted octanol–water partition coefficient (Wildman–Crippen LogP) is 2.69. The summed E-state index contributed by atoms with van der Waals surface area (Å²) in [5.41, 5.74) is 3.78. The van der Waals surface area contributed by atoms with E-state index in [1.165, 1.54) is 0 Å². The van der Waals surface area contributed by atoms with E-state index in [2.05, 4.69) is 31.5 Å². The quantitative estimate of drug-likeness (QED) is 0.460. The van der Waals surface area contributed by atoms with Crippen molar-refractivity contribution in [3.8, 4) is 5.75 Å². The topological polar surface area (TPSA) is 91.9 Å². The highest BCUT2D eigenvalue weighted by atomic mass is 16.5. The fraction of sp³-hybridized carbons (Fsp3) is 0.300. The highest BCUT2D eigenvalue weighted by Gasteiger charge is 2.11. The minimum Gasteiger partial charge on any atom is -0.491 e. The first kappa shape index (κ1) is 18.9. The molecule has 4 rings (SSSR count). The number of hydrogen-bond donors (Lipinski definition) is 1. The number of aromatic nitrogens is 6. The lowest BCUT2D eigenvalue weighted by Crippen LogP contribution is -2.08. The van der Waals surface area contributed by atoms with Crippen molar-refractivity contribution in [3.05, 3.63) is 54.1 Å². The van der Waals surface area contributed by atoms with Crippen molar-refractivity contribution in [1.82, 2.24) is 29.5 Å². The Morgan fingerprint density at radius 3 is 2.79 bits per heavy atom. The lowest BCUT2D eigenvalue weighted by molar-refractivity contribution is 0.146. The molecule has 1 aromatic carbocycles. The van der Waals surface area contributed by atoms with Crippen LogP contribution in [0.2, 0.25) is 0 Å². The van der Waals surface area contributed by atoms with Crippen molar-refractivity contribution < 1.29 is 9.47 Å². The first-order valence-electron chi connectivity index (χ1n) is 9.28. The van der Waals surface area contributed by atoms with Crippen molar-refractivity contribution in [1.29, 1.82) is 0 Å². The molecule has 4 aromatic rings. The van der Waals surface area contributed by atoms with E-state index in [0.29, 0.717) is 25.7 Å². The fourth-order valence-electron chi connectivity index (χ4n) is 3.04. The average molecular weight is 393 g/mol. The van der Waals surface area contributed by atoms with Crippen molar-refractivity contribution >= 4 is 22.7 Å². The maximum absolute atomic E-state index is 5.81. The van der Waals surface area contributed by atoms with E-state index >= 15 is 0 Å². The van der Waals surface area contributed by atoms with Gasteiger partial charge in [0.15, 0.2) is 5.65 Å². The SMILES string of the molecule is COCCOc1cccc(Cn2ncc3cnc(Nc4cnn(C)c4)nc32)c1C. The van der Waals surface area contributed by atoms with Crippen LogP contribution in [0.1, 0.15) is 11.1 Å². The Kier molecular flexibility index (Phi) is 5.39. The lowest BCUT2D eigenvalue weighted by Gasteiger charge is -2.13. The third-order valence-corrected chi connectivity index (χ3v) is 4.60.